The van der Waals surface area contributed by atoms with Crippen LogP contribution in [-0.2, 0) is 13.1 Å². The van der Waals surface area contributed by atoms with E-state index in [1.807, 2.05) is 13.0 Å². The maximum atomic E-state index is 13.9. The van der Waals surface area contributed by atoms with Crippen molar-refractivity contribution in [2.75, 3.05) is 6.54 Å². The van der Waals surface area contributed by atoms with Crippen LogP contribution in [0.15, 0.2) is 41.4 Å². The number of nitrogens with one attached hydrogen (secondary N) is 2. The SMILES string of the molecule is CCNC(=NCc1cc(F)ccc1F)NCc1ccc(C#N)cc1F. The zero-order valence-corrected chi connectivity index (χ0v) is 13.6. The number of aliphatic imine (C=N–C) groups is 1. The van der Waals surface area contributed by atoms with Gasteiger partial charge in [0.2, 0.25) is 0 Å². The van der Waals surface area contributed by atoms with Crippen LogP contribution < -0.4 is 10.6 Å². The van der Waals surface area contributed by atoms with E-state index in [0.717, 1.165) is 24.3 Å². The van der Waals surface area contributed by atoms with Gasteiger partial charge in [0.25, 0.3) is 0 Å². The van der Waals surface area contributed by atoms with Crippen LogP contribution in [0.3, 0.4) is 0 Å². The van der Waals surface area contributed by atoms with E-state index in [-0.39, 0.29) is 24.2 Å². The molecule has 0 aliphatic rings. The molecule has 0 aliphatic carbocycles. The van der Waals surface area contributed by atoms with E-state index < -0.39 is 17.5 Å². The predicted molar refractivity (Wildman–Crippen MR) is 89.1 cm³/mol. The van der Waals surface area contributed by atoms with Gasteiger partial charge in [-0.3, -0.25) is 0 Å². The summed E-state index contributed by atoms with van der Waals surface area (Å²) in [7, 11) is 0. The molecule has 0 aliphatic heterocycles. The second-order valence-corrected chi connectivity index (χ2v) is 5.20. The Kier molecular flexibility index (Phi) is 6.40. The summed E-state index contributed by atoms with van der Waals surface area (Å²) in [5, 5.41) is 14.6. The summed E-state index contributed by atoms with van der Waals surface area (Å²) in [6.45, 7) is 2.47. The Morgan fingerprint density at radius 2 is 1.84 bits per heavy atom. The van der Waals surface area contributed by atoms with Gasteiger partial charge in [0.05, 0.1) is 18.2 Å². The first-order valence-corrected chi connectivity index (χ1v) is 7.68. The highest BCUT2D eigenvalue weighted by atomic mass is 19.1. The third kappa shape index (κ3) is 5.24. The van der Waals surface area contributed by atoms with Gasteiger partial charge in [0.1, 0.15) is 17.5 Å². The molecule has 0 atom stereocenters. The van der Waals surface area contributed by atoms with Crippen molar-refractivity contribution in [1.29, 1.82) is 5.26 Å². The molecule has 0 bridgehead atoms. The minimum absolute atomic E-state index is 0.0607. The lowest BCUT2D eigenvalue weighted by molar-refractivity contribution is 0.585. The maximum Gasteiger partial charge on any atom is 0.191 e. The molecule has 0 heterocycles. The van der Waals surface area contributed by atoms with Gasteiger partial charge in [0.15, 0.2) is 5.96 Å². The minimum atomic E-state index is -0.542. The molecule has 2 aromatic rings. The number of nitrogens with zero attached hydrogens (tertiary/aromatic N) is 2. The zero-order valence-electron chi connectivity index (χ0n) is 13.6. The van der Waals surface area contributed by atoms with Crippen molar-refractivity contribution in [2.24, 2.45) is 4.99 Å². The quantitative estimate of drug-likeness (QED) is 0.645. The molecular formula is C18H17F3N4. The fourth-order valence-electron chi connectivity index (χ4n) is 2.11. The molecule has 0 fully saturated rings. The normalized spacial score (nSPS) is 11.1. The Morgan fingerprint density at radius 1 is 1.04 bits per heavy atom. The smallest absolute Gasteiger partial charge is 0.191 e. The van der Waals surface area contributed by atoms with Crippen molar-refractivity contribution in [3.63, 3.8) is 0 Å². The standard InChI is InChI=1S/C18H17F3N4/c1-2-23-18(25-11-14-8-15(19)5-6-16(14)20)24-10-13-4-3-12(9-22)7-17(13)21/h3-8H,2,10-11H2,1H3,(H2,23,24,25). The highest BCUT2D eigenvalue weighted by Gasteiger charge is 2.07. The van der Waals surface area contributed by atoms with E-state index in [1.165, 1.54) is 12.1 Å². The van der Waals surface area contributed by atoms with E-state index >= 15 is 0 Å². The molecule has 0 saturated carbocycles. The third-order valence-corrected chi connectivity index (χ3v) is 3.39. The summed E-state index contributed by atoms with van der Waals surface area (Å²) in [5.74, 6) is -1.24. The zero-order chi connectivity index (χ0) is 18.2. The van der Waals surface area contributed by atoms with Crippen LogP contribution in [0, 0.1) is 28.8 Å². The Balaban J connectivity index is 2.07. The average molecular weight is 346 g/mol. The predicted octanol–water partition coefficient (Wildman–Crippen LogP) is 3.23. The van der Waals surface area contributed by atoms with Crippen LogP contribution >= 0.6 is 0 Å². The van der Waals surface area contributed by atoms with E-state index in [2.05, 4.69) is 15.6 Å². The molecule has 2 N–H and O–H groups in total. The Bertz CT molecular complexity index is 812. The molecule has 2 aromatic carbocycles. The minimum Gasteiger partial charge on any atom is -0.357 e. The lowest BCUT2D eigenvalue weighted by Crippen LogP contribution is -2.37. The van der Waals surface area contributed by atoms with E-state index in [0.29, 0.717) is 18.1 Å². The van der Waals surface area contributed by atoms with Crippen molar-refractivity contribution >= 4 is 5.96 Å². The molecule has 0 saturated heterocycles. The number of nitriles is 1. The Morgan fingerprint density at radius 3 is 2.52 bits per heavy atom. The molecule has 130 valence electrons. The summed E-state index contributed by atoms with van der Waals surface area (Å²) in [6.07, 6.45) is 0. The van der Waals surface area contributed by atoms with E-state index in [4.69, 9.17) is 5.26 Å². The first-order chi connectivity index (χ1) is 12.0. The number of benzene rings is 2. The number of hydrogen-bond donors (Lipinski definition) is 2. The largest absolute Gasteiger partial charge is 0.357 e. The molecule has 0 spiro atoms. The van der Waals surface area contributed by atoms with Crippen molar-refractivity contribution in [3.05, 3.63) is 70.5 Å². The molecule has 0 amide bonds. The van der Waals surface area contributed by atoms with Crippen LogP contribution in [0.4, 0.5) is 13.2 Å². The molecule has 2 rings (SSSR count). The molecule has 0 aromatic heterocycles. The summed E-state index contributed by atoms with van der Waals surface area (Å²) in [5.41, 5.74) is 0.728. The van der Waals surface area contributed by atoms with Gasteiger partial charge in [-0.15, -0.1) is 0 Å². The van der Waals surface area contributed by atoms with Crippen LogP contribution in [0.1, 0.15) is 23.6 Å². The highest BCUT2D eigenvalue weighted by molar-refractivity contribution is 5.79. The summed E-state index contributed by atoms with van der Waals surface area (Å²) >= 11 is 0. The lowest BCUT2D eigenvalue weighted by atomic mass is 10.1. The van der Waals surface area contributed by atoms with E-state index in [1.54, 1.807) is 0 Å². The van der Waals surface area contributed by atoms with Crippen molar-refractivity contribution < 1.29 is 13.2 Å². The van der Waals surface area contributed by atoms with Gasteiger partial charge in [-0.25, -0.2) is 18.2 Å². The second kappa shape index (κ2) is 8.73. The van der Waals surface area contributed by atoms with E-state index in [9.17, 15) is 13.2 Å². The molecule has 4 nitrogen and oxygen atoms in total. The highest BCUT2D eigenvalue weighted by Crippen LogP contribution is 2.11. The number of guanidine groups is 1. The molecule has 0 radical (unpaired) electrons. The van der Waals surface area contributed by atoms with Crippen LogP contribution in [0.25, 0.3) is 0 Å². The number of hydrogen-bond acceptors (Lipinski definition) is 2. The van der Waals surface area contributed by atoms with Crippen LogP contribution in [0.2, 0.25) is 0 Å². The van der Waals surface area contributed by atoms with Crippen LogP contribution in [-0.4, -0.2) is 12.5 Å². The Hall–Kier alpha value is -3.01. The third-order valence-electron chi connectivity index (χ3n) is 3.39. The Labute approximate surface area is 144 Å². The van der Waals surface area contributed by atoms with Gasteiger partial charge >= 0.3 is 0 Å². The lowest BCUT2D eigenvalue weighted by Gasteiger charge is -2.12. The van der Waals surface area contributed by atoms with Gasteiger partial charge in [-0.1, -0.05) is 6.07 Å². The van der Waals surface area contributed by atoms with Crippen molar-refractivity contribution in [1.82, 2.24) is 10.6 Å². The van der Waals surface area contributed by atoms with Gasteiger partial charge < -0.3 is 10.6 Å². The van der Waals surface area contributed by atoms with Gasteiger partial charge in [-0.2, -0.15) is 5.26 Å². The van der Waals surface area contributed by atoms with Crippen LogP contribution in [0.5, 0.6) is 0 Å². The molecular weight excluding hydrogens is 329 g/mol. The fourth-order valence-corrected chi connectivity index (χ4v) is 2.11. The first kappa shape index (κ1) is 18.3. The summed E-state index contributed by atoms with van der Waals surface area (Å²) in [4.78, 5) is 4.18. The summed E-state index contributed by atoms with van der Waals surface area (Å²) < 4.78 is 40.7. The second-order valence-electron chi connectivity index (χ2n) is 5.20. The first-order valence-electron chi connectivity index (χ1n) is 7.68. The van der Waals surface area contributed by atoms with Crippen molar-refractivity contribution in [3.8, 4) is 6.07 Å². The van der Waals surface area contributed by atoms with Gasteiger partial charge in [-0.05, 0) is 37.3 Å². The number of halogens is 3. The van der Waals surface area contributed by atoms with Crippen molar-refractivity contribution in [2.45, 2.75) is 20.0 Å². The molecule has 0 unspecified atom stereocenters. The topological polar surface area (TPSA) is 60.2 Å². The maximum absolute atomic E-state index is 13.9. The summed E-state index contributed by atoms with van der Waals surface area (Å²) in [6, 6.07) is 9.23. The average Bonchev–Trinajstić information content (AvgIpc) is 2.60. The fraction of sp³-hybridized carbons (Fsp3) is 0.222. The molecule has 25 heavy (non-hydrogen) atoms. The number of rotatable bonds is 5. The van der Waals surface area contributed by atoms with Gasteiger partial charge in [0, 0.05) is 24.2 Å². The monoisotopic (exact) mass is 346 g/mol. The molecule has 7 heteroatoms.